The molecule has 1 heterocycles. The second-order valence-corrected chi connectivity index (χ2v) is 8.25. The van der Waals surface area contributed by atoms with Gasteiger partial charge in [0, 0.05) is 30.1 Å². The fourth-order valence-electron chi connectivity index (χ4n) is 2.88. The molecule has 1 unspecified atom stereocenters. The van der Waals surface area contributed by atoms with E-state index in [-0.39, 0.29) is 25.0 Å². The minimum absolute atomic E-state index is 0.0120. The first kappa shape index (κ1) is 22.8. The van der Waals surface area contributed by atoms with Crippen molar-refractivity contribution >= 4 is 29.0 Å². The molecule has 0 spiro atoms. The Labute approximate surface area is 175 Å². The number of ether oxygens (including phenoxy) is 1. The quantitative estimate of drug-likeness (QED) is 0.597. The van der Waals surface area contributed by atoms with Crippen LogP contribution in [0.3, 0.4) is 0 Å². The largest absolute Gasteiger partial charge is 0.469 e. The summed E-state index contributed by atoms with van der Waals surface area (Å²) in [5, 5.41) is 1.03. The molecule has 0 aliphatic carbocycles. The van der Waals surface area contributed by atoms with E-state index in [1.54, 1.807) is 29.4 Å². The summed E-state index contributed by atoms with van der Waals surface area (Å²) in [6.07, 6.45) is 0.0120. The number of nitrogens with zero attached hydrogens (tertiary/aromatic N) is 3. The third kappa shape index (κ3) is 5.53. The second kappa shape index (κ2) is 9.82. The van der Waals surface area contributed by atoms with Crippen LogP contribution < -0.4 is 4.90 Å². The van der Waals surface area contributed by atoms with E-state index < -0.39 is 11.8 Å². The second-order valence-electron chi connectivity index (χ2n) is 7.18. The van der Waals surface area contributed by atoms with Crippen molar-refractivity contribution in [2.24, 2.45) is 0 Å². The summed E-state index contributed by atoms with van der Waals surface area (Å²) in [5.74, 6) is -0.576. The predicted octanol–water partition coefficient (Wildman–Crippen LogP) is 4.90. The fraction of sp³-hybridized carbons (Fsp3) is 0.476. The standard InChI is InChI=1S/C21H28FN3O3S/c1-13(2)20-23-14(3)19(29-20)15(4)24(5)21(27)25(11-10-18(26)28-6)17-9-7-8-16(22)12-17/h7-9,12-13,15H,10-11H2,1-6H3. The van der Waals surface area contributed by atoms with Crippen molar-refractivity contribution in [2.75, 3.05) is 25.6 Å². The maximum atomic E-state index is 13.8. The topological polar surface area (TPSA) is 62.7 Å². The average molecular weight is 422 g/mol. The summed E-state index contributed by atoms with van der Waals surface area (Å²) in [4.78, 5) is 33.5. The van der Waals surface area contributed by atoms with Gasteiger partial charge in [0.15, 0.2) is 0 Å². The number of urea groups is 1. The third-order valence-electron chi connectivity index (χ3n) is 4.72. The van der Waals surface area contributed by atoms with E-state index in [2.05, 4.69) is 23.6 Å². The van der Waals surface area contributed by atoms with Crippen molar-refractivity contribution in [3.8, 4) is 0 Å². The van der Waals surface area contributed by atoms with Crippen molar-refractivity contribution < 1.29 is 18.7 Å². The zero-order valence-electron chi connectivity index (χ0n) is 17.7. The molecule has 1 aromatic heterocycles. The molecule has 6 nitrogen and oxygen atoms in total. The summed E-state index contributed by atoms with van der Waals surface area (Å²) < 4.78 is 18.4. The number of hydrogen-bond donors (Lipinski definition) is 0. The van der Waals surface area contributed by atoms with Crippen molar-refractivity contribution in [3.05, 3.63) is 45.7 Å². The zero-order valence-corrected chi connectivity index (χ0v) is 18.5. The van der Waals surface area contributed by atoms with Gasteiger partial charge in [0.25, 0.3) is 0 Å². The number of hydrogen-bond acceptors (Lipinski definition) is 5. The number of anilines is 1. The van der Waals surface area contributed by atoms with E-state index in [0.717, 1.165) is 15.6 Å². The van der Waals surface area contributed by atoms with Gasteiger partial charge in [-0.2, -0.15) is 0 Å². The number of benzene rings is 1. The van der Waals surface area contributed by atoms with Crippen LogP contribution >= 0.6 is 11.3 Å². The number of esters is 1. The molecule has 2 amide bonds. The van der Waals surface area contributed by atoms with Crippen LogP contribution in [0, 0.1) is 12.7 Å². The zero-order chi connectivity index (χ0) is 21.7. The molecule has 0 saturated heterocycles. The van der Waals surface area contributed by atoms with Crippen LogP contribution in [0.1, 0.15) is 54.7 Å². The summed E-state index contributed by atoms with van der Waals surface area (Å²) >= 11 is 1.60. The van der Waals surface area contributed by atoms with Gasteiger partial charge in [-0.05, 0) is 32.0 Å². The lowest BCUT2D eigenvalue weighted by molar-refractivity contribution is -0.140. The van der Waals surface area contributed by atoms with Gasteiger partial charge in [-0.1, -0.05) is 19.9 Å². The lowest BCUT2D eigenvalue weighted by atomic mass is 10.2. The molecule has 2 aromatic rings. The highest BCUT2D eigenvalue weighted by Crippen LogP contribution is 2.32. The van der Waals surface area contributed by atoms with E-state index in [9.17, 15) is 14.0 Å². The Hall–Kier alpha value is -2.48. The van der Waals surface area contributed by atoms with Gasteiger partial charge in [-0.25, -0.2) is 14.2 Å². The molecule has 29 heavy (non-hydrogen) atoms. The van der Waals surface area contributed by atoms with Gasteiger partial charge < -0.3 is 9.64 Å². The van der Waals surface area contributed by atoms with Crippen LogP contribution in [0.25, 0.3) is 0 Å². The first-order chi connectivity index (χ1) is 13.6. The summed E-state index contributed by atoms with van der Waals surface area (Å²) in [6.45, 7) is 8.13. The molecule has 158 valence electrons. The number of rotatable bonds is 7. The number of methoxy groups -OCH3 is 1. The Kier molecular flexibility index (Phi) is 7.73. The highest BCUT2D eigenvalue weighted by atomic mass is 32.1. The van der Waals surface area contributed by atoms with E-state index in [1.165, 1.54) is 30.2 Å². The first-order valence-corrected chi connectivity index (χ1v) is 10.3. The lowest BCUT2D eigenvalue weighted by Gasteiger charge is -2.31. The molecule has 0 fully saturated rings. The van der Waals surface area contributed by atoms with E-state index in [4.69, 9.17) is 0 Å². The highest BCUT2D eigenvalue weighted by Gasteiger charge is 2.27. The highest BCUT2D eigenvalue weighted by molar-refractivity contribution is 7.11. The van der Waals surface area contributed by atoms with Crippen LogP contribution in [0.5, 0.6) is 0 Å². The number of amides is 2. The van der Waals surface area contributed by atoms with Gasteiger partial charge in [-0.3, -0.25) is 9.69 Å². The van der Waals surface area contributed by atoms with Gasteiger partial charge in [-0.15, -0.1) is 11.3 Å². The van der Waals surface area contributed by atoms with E-state index >= 15 is 0 Å². The smallest absolute Gasteiger partial charge is 0.324 e. The molecule has 0 aliphatic rings. The van der Waals surface area contributed by atoms with Gasteiger partial charge in [0.1, 0.15) is 5.82 Å². The summed E-state index contributed by atoms with van der Waals surface area (Å²) in [6, 6.07) is 5.23. The van der Waals surface area contributed by atoms with Gasteiger partial charge in [0.2, 0.25) is 0 Å². The molecule has 2 rings (SSSR count). The minimum atomic E-state index is -0.450. The van der Waals surface area contributed by atoms with Crippen molar-refractivity contribution in [1.29, 1.82) is 0 Å². The molecule has 0 bridgehead atoms. The van der Waals surface area contributed by atoms with Crippen LogP contribution in [-0.2, 0) is 9.53 Å². The predicted molar refractivity (Wildman–Crippen MR) is 113 cm³/mol. The molecule has 0 N–H and O–H groups in total. The first-order valence-electron chi connectivity index (χ1n) is 9.49. The molecular weight excluding hydrogens is 393 g/mol. The van der Waals surface area contributed by atoms with E-state index in [0.29, 0.717) is 11.6 Å². The molecule has 1 atom stereocenters. The number of carbonyl (C=O) groups excluding carboxylic acids is 2. The Morgan fingerprint density at radius 1 is 1.28 bits per heavy atom. The SMILES string of the molecule is COC(=O)CCN(C(=O)N(C)C(C)c1sc(C(C)C)nc1C)c1cccc(F)c1. The molecular formula is C21H28FN3O3S. The molecule has 1 aromatic carbocycles. The summed E-state index contributed by atoms with van der Waals surface area (Å²) in [5.41, 5.74) is 1.29. The Morgan fingerprint density at radius 2 is 1.97 bits per heavy atom. The monoisotopic (exact) mass is 421 g/mol. The number of thiazole rings is 1. The molecule has 0 radical (unpaired) electrons. The maximum Gasteiger partial charge on any atom is 0.324 e. The van der Waals surface area contributed by atoms with Crippen LogP contribution in [0.4, 0.5) is 14.9 Å². The third-order valence-corrected chi connectivity index (χ3v) is 6.35. The average Bonchev–Trinajstić information content (AvgIpc) is 3.08. The maximum absolute atomic E-state index is 13.8. The van der Waals surface area contributed by atoms with Crippen LogP contribution in [0.2, 0.25) is 0 Å². The van der Waals surface area contributed by atoms with Gasteiger partial charge in [0.05, 0.1) is 30.3 Å². The summed E-state index contributed by atoms with van der Waals surface area (Å²) in [7, 11) is 3.00. The van der Waals surface area contributed by atoms with E-state index in [1.807, 2.05) is 13.8 Å². The number of halogens is 1. The van der Waals surface area contributed by atoms with Crippen molar-refractivity contribution in [2.45, 2.75) is 46.1 Å². The Bertz CT molecular complexity index is 869. The normalized spacial score (nSPS) is 12.0. The Balaban J connectivity index is 2.29. The Morgan fingerprint density at radius 3 is 2.52 bits per heavy atom. The molecule has 0 saturated carbocycles. The number of aryl methyl sites for hydroxylation is 1. The molecule has 0 aliphatic heterocycles. The number of aromatic nitrogens is 1. The fourth-order valence-corrected chi connectivity index (χ4v) is 4.05. The van der Waals surface area contributed by atoms with Crippen molar-refractivity contribution in [3.63, 3.8) is 0 Å². The van der Waals surface area contributed by atoms with Crippen LogP contribution in [-0.4, -0.2) is 42.6 Å². The van der Waals surface area contributed by atoms with Crippen LogP contribution in [0.15, 0.2) is 24.3 Å². The van der Waals surface area contributed by atoms with Gasteiger partial charge >= 0.3 is 12.0 Å². The minimum Gasteiger partial charge on any atom is -0.469 e. The number of carbonyl (C=O) groups is 2. The molecule has 8 heteroatoms. The lowest BCUT2D eigenvalue weighted by Crippen LogP contribution is -2.43. The van der Waals surface area contributed by atoms with Crippen molar-refractivity contribution in [1.82, 2.24) is 9.88 Å².